The number of rotatable bonds is 3. The van der Waals surface area contributed by atoms with E-state index < -0.39 is 5.97 Å². The Hall–Kier alpha value is -3.47. The van der Waals surface area contributed by atoms with Crippen LogP contribution >= 0.6 is 0 Å². The third-order valence-corrected chi connectivity index (χ3v) is 4.17. The topological polar surface area (TPSA) is 52.3 Å². The molecule has 4 rings (SSSR count). The van der Waals surface area contributed by atoms with Crippen molar-refractivity contribution in [2.24, 2.45) is 0 Å². The summed E-state index contributed by atoms with van der Waals surface area (Å²) < 4.78 is 24.0. The van der Waals surface area contributed by atoms with Crippen LogP contribution in [-0.4, -0.2) is 18.1 Å². The van der Waals surface area contributed by atoms with Crippen molar-refractivity contribution in [3.8, 4) is 22.6 Å². The van der Waals surface area contributed by atoms with Gasteiger partial charge in [0, 0.05) is 10.9 Å². The number of nitrogens with zero attached hydrogens (tertiary/aromatic N) is 1. The molecule has 0 saturated heterocycles. The molecule has 2 aromatic heterocycles. The van der Waals surface area contributed by atoms with Crippen LogP contribution < -0.4 is 0 Å². The predicted molar refractivity (Wildman–Crippen MR) is 96.2 cm³/mol. The Labute approximate surface area is 148 Å². The lowest BCUT2D eigenvalue weighted by Crippen LogP contribution is -2.07. The van der Waals surface area contributed by atoms with Gasteiger partial charge in [-0.15, -0.1) is 0 Å². The number of benzene rings is 2. The van der Waals surface area contributed by atoms with Gasteiger partial charge in [0.1, 0.15) is 11.5 Å². The molecule has 0 spiro atoms. The van der Waals surface area contributed by atoms with Crippen LogP contribution in [0, 0.1) is 5.82 Å². The number of pyridine rings is 1. The summed E-state index contributed by atoms with van der Waals surface area (Å²) in [5.74, 6) is -0.336. The Bertz CT molecular complexity index is 1090. The van der Waals surface area contributed by atoms with Crippen LogP contribution in [-0.2, 0) is 4.74 Å². The molecule has 0 saturated carbocycles. The van der Waals surface area contributed by atoms with Crippen LogP contribution in [0.1, 0.15) is 10.4 Å². The van der Waals surface area contributed by atoms with Crippen LogP contribution in [0.15, 0.2) is 71.3 Å². The molecule has 0 aliphatic carbocycles. The van der Waals surface area contributed by atoms with Crippen LogP contribution in [0.5, 0.6) is 0 Å². The first-order chi connectivity index (χ1) is 12.7. The molecule has 128 valence electrons. The summed E-state index contributed by atoms with van der Waals surface area (Å²) in [4.78, 5) is 17.4. The van der Waals surface area contributed by atoms with Gasteiger partial charge in [-0.1, -0.05) is 30.3 Å². The fraction of sp³-hybridized carbons (Fsp3) is 0.0476. The Morgan fingerprint density at radius 1 is 1.04 bits per heavy atom. The third-order valence-electron chi connectivity index (χ3n) is 4.17. The van der Waals surface area contributed by atoms with E-state index in [4.69, 9.17) is 14.1 Å². The molecule has 0 N–H and O–H groups in total. The summed E-state index contributed by atoms with van der Waals surface area (Å²) in [7, 11) is 1.33. The number of halogens is 1. The minimum atomic E-state index is -0.490. The largest absolute Gasteiger partial charge is 0.465 e. The van der Waals surface area contributed by atoms with Gasteiger partial charge in [0.15, 0.2) is 5.76 Å². The van der Waals surface area contributed by atoms with Crippen LogP contribution in [0.2, 0.25) is 0 Å². The van der Waals surface area contributed by atoms with Crippen LogP contribution in [0.3, 0.4) is 0 Å². The molecule has 0 aliphatic rings. The monoisotopic (exact) mass is 347 g/mol. The normalized spacial score (nSPS) is 10.8. The number of para-hydroxylation sites is 1. The quantitative estimate of drug-likeness (QED) is 0.485. The first kappa shape index (κ1) is 16.0. The molecule has 4 nitrogen and oxygen atoms in total. The second-order valence-electron chi connectivity index (χ2n) is 5.70. The van der Waals surface area contributed by atoms with E-state index in [9.17, 15) is 9.18 Å². The highest BCUT2D eigenvalue weighted by molar-refractivity contribution is 6.11. The van der Waals surface area contributed by atoms with E-state index in [0.29, 0.717) is 39.0 Å². The minimum absolute atomic E-state index is 0.360. The average molecular weight is 347 g/mol. The van der Waals surface area contributed by atoms with E-state index in [2.05, 4.69) is 0 Å². The molecular formula is C21H14FNO3. The van der Waals surface area contributed by atoms with Crippen LogP contribution in [0.25, 0.3) is 33.5 Å². The zero-order chi connectivity index (χ0) is 18.1. The smallest absolute Gasteiger partial charge is 0.339 e. The number of ether oxygens (including phenoxy) is 1. The molecule has 2 aromatic carbocycles. The summed E-state index contributed by atoms with van der Waals surface area (Å²) in [6, 6.07) is 16.7. The lowest BCUT2D eigenvalue weighted by atomic mass is 9.93. The molecule has 4 aromatic rings. The first-order valence-electron chi connectivity index (χ1n) is 8.00. The lowest BCUT2D eigenvalue weighted by Gasteiger charge is -2.15. The first-order valence-corrected chi connectivity index (χ1v) is 8.00. The number of hydrogen-bond donors (Lipinski definition) is 0. The predicted octanol–water partition coefficient (Wildman–Crippen LogP) is 5.09. The van der Waals surface area contributed by atoms with Crippen molar-refractivity contribution in [3.05, 3.63) is 78.3 Å². The zero-order valence-corrected chi connectivity index (χ0v) is 13.9. The minimum Gasteiger partial charge on any atom is -0.465 e. The van der Waals surface area contributed by atoms with E-state index in [0.717, 1.165) is 0 Å². The number of furan rings is 1. The molecular weight excluding hydrogens is 333 g/mol. The molecule has 0 amide bonds. The van der Waals surface area contributed by atoms with Gasteiger partial charge in [0.25, 0.3) is 0 Å². The number of aromatic nitrogens is 1. The molecule has 0 bridgehead atoms. The van der Waals surface area contributed by atoms with E-state index >= 15 is 0 Å². The number of fused-ring (bicyclic) bond motifs is 1. The maximum Gasteiger partial charge on any atom is 0.339 e. The molecule has 0 aliphatic heterocycles. The Kier molecular flexibility index (Phi) is 3.97. The van der Waals surface area contributed by atoms with Crippen molar-refractivity contribution < 1.29 is 18.3 Å². The third kappa shape index (κ3) is 2.63. The summed E-state index contributed by atoms with van der Waals surface area (Å²) >= 11 is 0. The highest BCUT2D eigenvalue weighted by atomic mass is 19.1. The fourth-order valence-electron chi connectivity index (χ4n) is 3.02. The Morgan fingerprint density at radius 3 is 2.50 bits per heavy atom. The van der Waals surface area contributed by atoms with Gasteiger partial charge in [-0.25, -0.2) is 14.2 Å². The molecule has 2 heterocycles. The van der Waals surface area contributed by atoms with Crippen molar-refractivity contribution in [3.63, 3.8) is 0 Å². The van der Waals surface area contributed by atoms with Crippen molar-refractivity contribution in [1.29, 1.82) is 0 Å². The summed E-state index contributed by atoms with van der Waals surface area (Å²) in [6.45, 7) is 0. The molecule has 0 fully saturated rings. The maximum atomic E-state index is 13.4. The highest BCUT2D eigenvalue weighted by Crippen LogP contribution is 2.38. The van der Waals surface area contributed by atoms with E-state index in [1.54, 1.807) is 30.5 Å². The van der Waals surface area contributed by atoms with E-state index in [-0.39, 0.29) is 5.82 Å². The van der Waals surface area contributed by atoms with Gasteiger partial charge in [-0.2, -0.15) is 0 Å². The number of methoxy groups -OCH3 is 1. The fourth-order valence-corrected chi connectivity index (χ4v) is 3.02. The SMILES string of the molecule is COC(=O)c1c(-c2ccc(F)cc2)c(-c2ccco2)nc2ccccc12. The molecule has 0 radical (unpaired) electrons. The van der Waals surface area contributed by atoms with Gasteiger partial charge in [0.05, 0.1) is 24.5 Å². The second-order valence-corrected chi connectivity index (χ2v) is 5.70. The van der Waals surface area contributed by atoms with E-state index in [1.807, 2.05) is 24.3 Å². The van der Waals surface area contributed by atoms with Crippen molar-refractivity contribution in [2.75, 3.05) is 7.11 Å². The number of esters is 1. The van der Waals surface area contributed by atoms with Gasteiger partial charge in [-0.05, 0) is 35.9 Å². The summed E-state index contributed by atoms with van der Waals surface area (Å²) in [6.07, 6.45) is 1.54. The standard InChI is InChI=1S/C21H14FNO3/c1-25-21(24)19-15-5-2-3-6-16(15)23-20(17-7-4-12-26-17)18(19)13-8-10-14(22)11-9-13/h2-12H,1H3. The van der Waals surface area contributed by atoms with Gasteiger partial charge >= 0.3 is 5.97 Å². The van der Waals surface area contributed by atoms with Gasteiger partial charge in [-0.3, -0.25) is 0 Å². The lowest BCUT2D eigenvalue weighted by molar-refractivity contribution is 0.0604. The van der Waals surface area contributed by atoms with E-state index in [1.165, 1.54) is 19.2 Å². The molecule has 0 atom stereocenters. The number of carbonyl (C=O) groups excluding carboxylic acids is 1. The highest BCUT2D eigenvalue weighted by Gasteiger charge is 2.24. The number of hydrogen-bond acceptors (Lipinski definition) is 4. The van der Waals surface area contributed by atoms with Gasteiger partial charge in [0.2, 0.25) is 0 Å². The van der Waals surface area contributed by atoms with Crippen molar-refractivity contribution in [2.45, 2.75) is 0 Å². The Balaban J connectivity index is 2.16. The van der Waals surface area contributed by atoms with Crippen molar-refractivity contribution >= 4 is 16.9 Å². The van der Waals surface area contributed by atoms with Crippen LogP contribution in [0.4, 0.5) is 4.39 Å². The molecule has 26 heavy (non-hydrogen) atoms. The molecule has 0 unspecified atom stereocenters. The maximum absolute atomic E-state index is 13.4. The van der Waals surface area contributed by atoms with Gasteiger partial charge < -0.3 is 9.15 Å². The summed E-state index contributed by atoms with van der Waals surface area (Å²) in [5.41, 5.74) is 2.71. The second kappa shape index (κ2) is 6.44. The number of carbonyl (C=O) groups is 1. The molecule has 5 heteroatoms. The summed E-state index contributed by atoms with van der Waals surface area (Å²) in [5, 5.41) is 0.661. The van der Waals surface area contributed by atoms with Crippen molar-refractivity contribution in [1.82, 2.24) is 4.98 Å². The Morgan fingerprint density at radius 2 is 1.81 bits per heavy atom. The average Bonchev–Trinajstić information content (AvgIpc) is 3.21. The zero-order valence-electron chi connectivity index (χ0n) is 13.9.